The molecule has 9 nitrogen and oxygen atoms in total. The number of benzene rings is 1. The number of hydrogen-bond donors (Lipinski definition) is 2. The number of nitrogens with one attached hydrogen (secondary N) is 2. The molecule has 2 N–H and O–H groups in total. The number of pyridine rings is 1. The SMILES string of the molecule is CC(C)CCN1c2nc(Nc3ccc(C(=O)NCc4cccnc4)cc3)ncc2N(C)C(=O)C1C. The number of carbonyl (C=O) groups excluding carboxylic acids is 2. The van der Waals surface area contributed by atoms with E-state index in [4.69, 9.17) is 4.98 Å². The highest BCUT2D eigenvalue weighted by molar-refractivity contribution is 6.04. The van der Waals surface area contributed by atoms with Gasteiger partial charge < -0.3 is 20.4 Å². The van der Waals surface area contributed by atoms with Crippen LogP contribution >= 0.6 is 0 Å². The molecule has 2 aromatic heterocycles. The zero-order valence-corrected chi connectivity index (χ0v) is 20.5. The first-order valence-electron chi connectivity index (χ1n) is 11.8. The van der Waals surface area contributed by atoms with Crippen LogP contribution in [0.4, 0.5) is 23.1 Å². The van der Waals surface area contributed by atoms with Gasteiger partial charge in [0.25, 0.3) is 5.91 Å². The number of rotatable bonds is 8. The van der Waals surface area contributed by atoms with Crippen molar-refractivity contribution < 1.29 is 9.59 Å². The van der Waals surface area contributed by atoms with Crippen molar-refractivity contribution in [3.8, 4) is 0 Å². The molecule has 2 amide bonds. The molecule has 1 atom stereocenters. The molecule has 35 heavy (non-hydrogen) atoms. The fourth-order valence-electron chi connectivity index (χ4n) is 3.91. The van der Waals surface area contributed by atoms with Crippen LogP contribution < -0.4 is 20.4 Å². The molecule has 4 rings (SSSR count). The van der Waals surface area contributed by atoms with E-state index in [2.05, 4.69) is 39.3 Å². The molecule has 0 fully saturated rings. The van der Waals surface area contributed by atoms with E-state index in [9.17, 15) is 9.59 Å². The third kappa shape index (κ3) is 5.56. The van der Waals surface area contributed by atoms with Crippen molar-refractivity contribution in [1.29, 1.82) is 0 Å². The third-order valence-corrected chi connectivity index (χ3v) is 6.07. The van der Waals surface area contributed by atoms with Crippen LogP contribution in [0.25, 0.3) is 0 Å². The molecule has 1 aromatic carbocycles. The Bertz CT molecular complexity index is 1180. The molecule has 9 heteroatoms. The maximum Gasteiger partial charge on any atom is 0.251 e. The van der Waals surface area contributed by atoms with Crippen LogP contribution in [0.1, 0.15) is 43.1 Å². The van der Waals surface area contributed by atoms with Crippen LogP contribution in [0, 0.1) is 5.92 Å². The molecule has 1 unspecified atom stereocenters. The molecule has 3 heterocycles. The maximum atomic E-state index is 12.7. The van der Waals surface area contributed by atoms with Crippen molar-refractivity contribution in [3.05, 3.63) is 66.1 Å². The van der Waals surface area contributed by atoms with E-state index in [1.807, 2.05) is 31.2 Å². The molecule has 0 saturated carbocycles. The summed E-state index contributed by atoms with van der Waals surface area (Å²) in [6.45, 7) is 7.40. The summed E-state index contributed by atoms with van der Waals surface area (Å²) in [6, 6.07) is 10.6. The highest BCUT2D eigenvalue weighted by atomic mass is 16.2. The first-order chi connectivity index (χ1) is 16.8. The Kier molecular flexibility index (Phi) is 7.24. The predicted molar refractivity (Wildman–Crippen MR) is 137 cm³/mol. The quantitative estimate of drug-likeness (QED) is 0.513. The monoisotopic (exact) mass is 473 g/mol. The molecule has 182 valence electrons. The van der Waals surface area contributed by atoms with Crippen LogP contribution in [0.15, 0.2) is 55.0 Å². The fraction of sp³-hybridized carbons (Fsp3) is 0.346. The lowest BCUT2D eigenvalue weighted by molar-refractivity contribution is -0.119. The van der Waals surface area contributed by atoms with Crippen LogP contribution in [0.3, 0.4) is 0 Å². The van der Waals surface area contributed by atoms with Crippen molar-refractivity contribution in [2.45, 2.75) is 39.8 Å². The lowest BCUT2D eigenvalue weighted by atomic mass is 10.1. The number of fused-ring (bicyclic) bond motifs is 1. The first-order valence-corrected chi connectivity index (χ1v) is 11.8. The van der Waals surface area contributed by atoms with Crippen LogP contribution in [-0.2, 0) is 11.3 Å². The Morgan fingerprint density at radius 3 is 2.60 bits per heavy atom. The normalized spacial score (nSPS) is 15.2. The van der Waals surface area contributed by atoms with Crippen molar-refractivity contribution >= 4 is 35.0 Å². The van der Waals surface area contributed by atoms with Crippen LogP contribution in [0.2, 0.25) is 0 Å². The van der Waals surface area contributed by atoms with E-state index in [0.717, 1.165) is 30.0 Å². The van der Waals surface area contributed by atoms with Gasteiger partial charge in [-0.05, 0) is 55.2 Å². The number of anilines is 4. The van der Waals surface area contributed by atoms with Gasteiger partial charge in [-0.2, -0.15) is 4.98 Å². The highest BCUT2D eigenvalue weighted by Gasteiger charge is 2.35. The van der Waals surface area contributed by atoms with Gasteiger partial charge in [-0.1, -0.05) is 19.9 Å². The van der Waals surface area contributed by atoms with E-state index >= 15 is 0 Å². The van der Waals surface area contributed by atoms with Crippen molar-refractivity contribution in [3.63, 3.8) is 0 Å². The number of carbonyl (C=O) groups is 2. The van der Waals surface area contributed by atoms with Gasteiger partial charge in [-0.15, -0.1) is 0 Å². The third-order valence-electron chi connectivity index (χ3n) is 6.07. The second-order valence-corrected chi connectivity index (χ2v) is 9.10. The molecule has 0 spiro atoms. The first kappa shape index (κ1) is 24.1. The number of hydrogen-bond acceptors (Lipinski definition) is 7. The minimum Gasteiger partial charge on any atom is -0.348 e. The Balaban J connectivity index is 1.46. The smallest absolute Gasteiger partial charge is 0.251 e. The van der Waals surface area contributed by atoms with E-state index < -0.39 is 0 Å². The molecule has 3 aromatic rings. The topological polar surface area (TPSA) is 103 Å². The molecular weight excluding hydrogens is 442 g/mol. The molecule has 0 aliphatic carbocycles. The fourth-order valence-corrected chi connectivity index (χ4v) is 3.91. The highest BCUT2D eigenvalue weighted by Crippen LogP contribution is 2.34. The standard InChI is InChI=1S/C26H31N7O2/c1-17(2)11-13-33-18(3)25(35)32(4)22-16-29-26(31-23(22)33)30-21-9-7-20(8-10-21)24(34)28-15-19-6-5-12-27-14-19/h5-10,12,14,16-18H,11,13,15H2,1-4H3,(H,28,34)(H,29,30,31). The van der Waals surface area contributed by atoms with Crippen LogP contribution in [-0.4, -0.2) is 46.4 Å². The summed E-state index contributed by atoms with van der Waals surface area (Å²) in [5.41, 5.74) is 2.95. The average molecular weight is 474 g/mol. The summed E-state index contributed by atoms with van der Waals surface area (Å²) in [4.78, 5) is 42.1. The Morgan fingerprint density at radius 1 is 1.14 bits per heavy atom. The Hall–Kier alpha value is -4.01. The summed E-state index contributed by atoms with van der Waals surface area (Å²) in [5.74, 6) is 1.56. The second kappa shape index (κ2) is 10.5. The van der Waals surface area contributed by atoms with Gasteiger partial charge in [0, 0.05) is 43.8 Å². The van der Waals surface area contributed by atoms with Gasteiger partial charge in [-0.3, -0.25) is 14.6 Å². The number of nitrogens with zero attached hydrogens (tertiary/aromatic N) is 5. The summed E-state index contributed by atoms with van der Waals surface area (Å²) in [7, 11) is 1.76. The van der Waals surface area contributed by atoms with Gasteiger partial charge >= 0.3 is 0 Å². The van der Waals surface area contributed by atoms with Crippen molar-refractivity contribution in [2.24, 2.45) is 5.92 Å². The predicted octanol–water partition coefficient (Wildman–Crippen LogP) is 3.76. The van der Waals surface area contributed by atoms with Gasteiger partial charge in [0.1, 0.15) is 11.7 Å². The average Bonchev–Trinajstić information content (AvgIpc) is 2.87. The number of likely N-dealkylation sites (N-methyl/N-ethyl adjacent to an activating group) is 1. The summed E-state index contributed by atoms with van der Waals surface area (Å²) >= 11 is 0. The summed E-state index contributed by atoms with van der Waals surface area (Å²) in [5, 5.41) is 6.11. The Labute approximate surface area is 205 Å². The van der Waals surface area contributed by atoms with Gasteiger partial charge in [0.2, 0.25) is 11.9 Å². The van der Waals surface area contributed by atoms with Crippen molar-refractivity contribution in [2.75, 3.05) is 28.7 Å². The van der Waals surface area contributed by atoms with Gasteiger partial charge in [0.05, 0.1) is 6.20 Å². The molecule has 0 radical (unpaired) electrons. The van der Waals surface area contributed by atoms with E-state index in [1.54, 1.807) is 42.7 Å². The zero-order valence-electron chi connectivity index (χ0n) is 20.5. The molecule has 0 bridgehead atoms. The second-order valence-electron chi connectivity index (χ2n) is 9.10. The lowest BCUT2D eigenvalue weighted by Crippen LogP contribution is -2.51. The van der Waals surface area contributed by atoms with E-state index in [1.165, 1.54) is 0 Å². The number of amides is 2. The molecular formula is C26H31N7O2. The zero-order chi connectivity index (χ0) is 24.9. The molecule has 1 aliphatic heterocycles. The molecule has 0 saturated heterocycles. The van der Waals surface area contributed by atoms with E-state index in [0.29, 0.717) is 29.7 Å². The maximum absolute atomic E-state index is 12.7. The number of aromatic nitrogens is 3. The lowest BCUT2D eigenvalue weighted by Gasteiger charge is -2.39. The van der Waals surface area contributed by atoms with Gasteiger partial charge in [0.15, 0.2) is 5.82 Å². The van der Waals surface area contributed by atoms with Crippen LogP contribution in [0.5, 0.6) is 0 Å². The minimum atomic E-state index is -0.293. The summed E-state index contributed by atoms with van der Waals surface area (Å²) in [6.07, 6.45) is 6.06. The summed E-state index contributed by atoms with van der Waals surface area (Å²) < 4.78 is 0. The molecule has 1 aliphatic rings. The van der Waals surface area contributed by atoms with Gasteiger partial charge in [-0.25, -0.2) is 4.98 Å². The minimum absolute atomic E-state index is 0.0305. The largest absolute Gasteiger partial charge is 0.348 e. The van der Waals surface area contributed by atoms with E-state index in [-0.39, 0.29) is 17.9 Å². The van der Waals surface area contributed by atoms with Crippen molar-refractivity contribution in [1.82, 2.24) is 20.3 Å². The Morgan fingerprint density at radius 2 is 1.91 bits per heavy atom.